The first-order chi connectivity index (χ1) is 8.34. The first-order valence-electron chi connectivity index (χ1n) is 5.57. The molecule has 4 nitrogen and oxygen atoms in total. The fourth-order valence-corrected chi connectivity index (χ4v) is 2.12. The molecule has 1 aromatic rings. The molecule has 0 radical (unpaired) electrons. The van der Waals surface area contributed by atoms with Gasteiger partial charge in [0, 0.05) is 19.8 Å². The van der Waals surface area contributed by atoms with E-state index in [0.717, 1.165) is 12.3 Å². The maximum atomic E-state index is 12.6. The molecule has 1 aromatic heterocycles. The molecule has 1 N–H and O–H groups in total. The zero-order valence-corrected chi connectivity index (χ0v) is 10.1. The quantitative estimate of drug-likeness (QED) is 0.831. The van der Waals surface area contributed by atoms with E-state index in [0.29, 0.717) is 13.0 Å². The largest absolute Gasteiger partial charge is 0.417 e. The van der Waals surface area contributed by atoms with Gasteiger partial charge in [-0.25, -0.2) is 0 Å². The van der Waals surface area contributed by atoms with Gasteiger partial charge in [0.05, 0.1) is 11.6 Å². The molecule has 1 unspecified atom stereocenters. The van der Waals surface area contributed by atoms with Gasteiger partial charge in [-0.2, -0.15) is 13.2 Å². The Morgan fingerprint density at radius 3 is 2.67 bits per heavy atom. The number of fused-ring (bicyclic) bond motifs is 1. The zero-order valence-electron chi connectivity index (χ0n) is 10.1. The topological polar surface area (TPSA) is 37.3 Å². The van der Waals surface area contributed by atoms with Crippen molar-refractivity contribution in [3.05, 3.63) is 17.8 Å². The number of rotatable bonds is 1. The number of amides is 1. The number of anilines is 1. The molecular formula is C11H14F3N3O. The van der Waals surface area contributed by atoms with E-state index >= 15 is 0 Å². The summed E-state index contributed by atoms with van der Waals surface area (Å²) in [5.74, 6) is 0.0631. The van der Waals surface area contributed by atoms with E-state index in [1.54, 1.807) is 7.05 Å². The van der Waals surface area contributed by atoms with E-state index in [9.17, 15) is 18.0 Å². The van der Waals surface area contributed by atoms with Crippen LogP contribution >= 0.6 is 0 Å². The average Bonchev–Trinajstić information content (AvgIpc) is 2.68. The number of halogens is 3. The summed E-state index contributed by atoms with van der Waals surface area (Å²) >= 11 is 0. The van der Waals surface area contributed by atoms with Crippen molar-refractivity contribution < 1.29 is 18.0 Å². The molecule has 7 heteroatoms. The second-order valence-corrected chi connectivity index (χ2v) is 4.31. The highest BCUT2D eigenvalue weighted by atomic mass is 19.4. The predicted octanol–water partition coefficient (Wildman–Crippen LogP) is 1.46. The van der Waals surface area contributed by atoms with Gasteiger partial charge in [-0.1, -0.05) is 0 Å². The molecule has 1 aliphatic rings. The summed E-state index contributed by atoms with van der Waals surface area (Å²) in [6.07, 6.45) is -2.86. The highest BCUT2D eigenvalue weighted by molar-refractivity contribution is 5.96. The number of hydrogen-bond donors (Lipinski definition) is 1. The third-order valence-corrected chi connectivity index (χ3v) is 3.18. The Labute approximate surface area is 102 Å². The molecule has 1 atom stereocenters. The van der Waals surface area contributed by atoms with Gasteiger partial charge in [0.15, 0.2) is 0 Å². The van der Waals surface area contributed by atoms with Crippen LogP contribution in [0, 0.1) is 0 Å². The Hall–Kier alpha value is -1.50. The van der Waals surface area contributed by atoms with E-state index in [1.165, 1.54) is 16.5 Å². The molecule has 0 bridgehead atoms. The van der Waals surface area contributed by atoms with Gasteiger partial charge in [0.25, 0.3) is 0 Å². The van der Waals surface area contributed by atoms with Crippen LogP contribution in [0.15, 0.2) is 12.3 Å². The van der Waals surface area contributed by atoms with Crippen molar-refractivity contribution in [2.24, 2.45) is 0 Å². The number of nitrogens with zero attached hydrogens (tertiary/aromatic N) is 2. The van der Waals surface area contributed by atoms with Gasteiger partial charge in [-0.05, 0) is 19.5 Å². The summed E-state index contributed by atoms with van der Waals surface area (Å²) in [7, 11) is 3.15. The standard InChI is InChI=1S/C11H14F3N3O/c1-15-8-3-4-17-6-7(11(12,13)14)5-9(17)16(2)10(8)18/h5-6,8,15H,3-4H2,1-2H3. The first-order valence-corrected chi connectivity index (χ1v) is 5.57. The normalized spacial score (nSPS) is 20.8. The molecule has 18 heavy (non-hydrogen) atoms. The van der Waals surface area contributed by atoms with E-state index in [2.05, 4.69) is 5.32 Å². The predicted molar refractivity (Wildman–Crippen MR) is 60.3 cm³/mol. The summed E-state index contributed by atoms with van der Waals surface area (Å²) in [5, 5.41) is 2.87. The van der Waals surface area contributed by atoms with Gasteiger partial charge in [0.2, 0.25) is 5.91 Å². The van der Waals surface area contributed by atoms with E-state index in [1.807, 2.05) is 0 Å². The molecule has 1 amide bonds. The van der Waals surface area contributed by atoms with Gasteiger partial charge in [0.1, 0.15) is 5.82 Å². The second-order valence-electron chi connectivity index (χ2n) is 4.31. The number of likely N-dealkylation sites (N-methyl/N-ethyl adjacent to an activating group) is 2. The number of alkyl halides is 3. The number of nitrogens with one attached hydrogen (secondary N) is 1. The lowest BCUT2D eigenvalue weighted by atomic mass is 10.2. The van der Waals surface area contributed by atoms with Crippen molar-refractivity contribution in [2.45, 2.75) is 25.2 Å². The fraction of sp³-hybridized carbons (Fsp3) is 0.545. The number of carbonyl (C=O) groups is 1. The van der Waals surface area contributed by atoms with Crippen molar-refractivity contribution in [3.8, 4) is 0 Å². The van der Waals surface area contributed by atoms with Crippen molar-refractivity contribution in [3.63, 3.8) is 0 Å². The molecule has 0 aliphatic carbocycles. The van der Waals surface area contributed by atoms with E-state index < -0.39 is 11.7 Å². The van der Waals surface area contributed by atoms with Crippen LogP contribution in [-0.2, 0) is 17.5 Å². The summed E-state index contributed by atoms with van der Waals surface area (Å²) in [6, 6.07) is 0.653. The van der Waals surface area contributed by atoms with Crippen molar-refractivity contribution in [2.75, 3.05) is 19.0 Å². The van der Waals surface area contributed by atoms with Crippen LogP contribution in [0.2, 0.25) is 0 Å². The number of carbonyl (C=O) groups excluding carboxylic acids is 1. The van der Waals surface area contributed by atoms with Crippen LogP contribution in [0.5, 0.6) is 0 Å². The van der Waals surface area contributed by atoms with Crippen LogP contribution in [0.4, 0.5) is 19.0 Å². The molecular weight excluding hydrogens is 247 g/mol. The Bertz CT molecular complexity index is 467. The van der Waals surface area contributed by atoms with Crippen LogP contribution in [0.1, 0.15) is 12.0 Å². The number of hydrogen-bond acceptors (Lipinski definition) is 2. The van der Waals surface area contributed by atoms with E-state index in [-0.39, 0.29) is 17.8 Å². The smallest absolute Gasteiger partial charge is 0.334 e. The zero-order chi connectivity index (χ0) is 13.5. The van der Waals surface area contributed by atoms with Crippen LogP contribution in [0.25, 0.3) is 0 Å². The van der Waals surface area contributed by atoms with Crippen molar-refractivity contribution in [1.29, 1.82) is 0 Å². The Balaban J connectivity index is 2.39. The first kappa shape index (κ1) is 12.9. The Kier molecular flexibility index (Phi) is 3.10. The molecule has 1 aliphatic heterocycles. The van der Waals surface area contributed by atoms with Crippen LogP contribution in [-0.4, -0.2) is 30.6 Å². The average molecular weight is 261 g/mol. The van der Waals surface area contributed by atoms with Crippen LogP contribution in [0.3, 0.4) is 0 Å². The third kappa shape index (κ3) is 2.10. The Morgan fingerprint density at radius 2 is 2.11 bits per heavy atom. The SMILES string of the molecule is CNC1CCn2cc(C(F)(F)F)cc2N(C)C1=O. The maximum Gasteiger partial charge on any atom is 0.417 e. The van der Waals surface area contributed by atoms with Crippen molar-refractivity contribution in [1.82, 2.24) is 9.88 Å². The summed E-state index contributed by atoms with van der Waals surface area (Å²) < 4.78 is 39.3. The van der Waals surface area contributed by atoms with E-state index in [4.69, 9.17) is 0 Å². The number of aromatic nitrogens is 1. The summed E-state index contributed by atoms with van der Waals surface area (Å²) in [4.78, 5) is 13.2. The van der Waals surface area contributed by atoms with Crippen LogP contribution < -0.4 is 10.2 Å². The second kappa shape index (κ2) is 4.31. The molecule has 2 heterocycles. The van der Waals surface area contributed by atoms with Gasteiger partial charge < -0.3 is 9.88 Å². The molecule has 2 rings (SSSR count). The molecule has 0 spiro atoms. The van der Waals surface area contributed by atoms with Gasteiger partial charge >= 0.3 is 6.18 Å². The highest BCUT2D eigenvalue weighted by Crippen LogP contribution is 2.34. The fourth-order valence-electron chi connectivity index (χ4n) is 2.12. The van der Waals surface area contributed by atoms with Gasteiger partial charge in [-0.15, -0.1) is 0 Å². The molecule has 0 saturated carbocycles. The third-order valence-electron chi connectivity index (χ3n) is 3.18. The monoisotopic (exact) mass is 261 g/mol. The lowest BCUT2D eigenvalue weighted by Gasteiger charge is -2.19. The number of aryl methyl sites for hydroxylation is 1. The lowest BCUT2D eigenvalue weighted by molar-refractivity contribution is -0.137. The highest BCUT2D eigenvalue weighted by Gasteiger charge is 2.35. The van der Waals surface area contributed by atoms with Gasteiger partial charge in [-0.3, -0.25) is 9.69 Å². The molecule has 0 saturated heterocycles. The van der Waals surface area contributed by atoms with Crippen molar-refractivity contribution >= 4 is 11.7 Å². The summed E-state index contributed by atoms with van der Waals surface area (Å²) in [5.41, 5.74) is -0.722. The Morgan fingerprint density at radius 1 is 1.44 bits per heavy atom. The lowest BCUT2D eigenvalue weighted by Crippen LogP contribution is -2.42. The molecule has 0 fully saturated rings. The minimum atomic E-state index is -4.38. The minimum Gasteiger partial charge on any atom is -0.334 e. The summed E-state index contributed by atoms with van der Waals surface area (Å²) in [6.45, 7) is 0.382. The molecule has 0 aromatic carbocycles. The maximum absolute atomic E-state index is 12.6. The minimum absolute atomic E-state index is 0.219. The molecule has 100 valence electrons.